The second kappa shape index (κ2) is 12.5. The van der Waals surface area contributed by atoms with E-state index in [2.05, 4.69) is 13.8 Å². The van der Waals surface area contributed by atoms with E-state index in [0.29, 0.717) is 11.3 Å². The molecule has 0 atom stereocenters. The third-order valence-electron chi connectivity index (χ3n) is 3.40. The van der Waals surface area contributed by atoms with Crippen LogP contribution >= 0.6 is 0 Å². The molecule has 26 heavy (non-hydrogen) atoms. The molecule has 0 bridgehead atoms. The smallest absolute Gasteiger partial charge is 0.336 e. The molecule has 138 valence electrons. The second-order valence-electron chi connectivity index (χ2n) is 5.62. The van der Waals surface area contributed by atoms with Gasteiger partial charge in [-0.15, -0.1) is 0 Å². The molecule has 0 saturated heterocycles. The summed E-state index contributed by atoms with van der Waals surface area (Å²) in [5, 5.41) is 9.35. The number of esters is 1. The zero-order chi connectivity index (χ0) is 19.2. The molecule has 0 aliphatic heterocycles. The zero-order valence-electron chi connectivity index (χ0n) is 15.4. The molecule has 4 nitrogen and oxygen atoms in total. The van der Waals surface area contributed by atoms with E-state index in [9.17, 15) is 14.7 Å². The molecular formula is C22H26O4. The van der Waals surface area contributed by atoms with Gasteiger partial charge in [-0.3, -0.25) is 0 Å². The molecule has 0 fully saturated rings. The monoisotopic (exact) mass is 354 g/mol. The highest BCUT2D eigenvalue weighted by Gasteiger charge is 2.10. The van der Waals surface area contributed by atoms with Crippen molar-refractivity contribution in [2.45, 2.75) is 39.5 Å². The Labute approximate surface area is 155 Å². The molecule has 0 aromatic heterocycles. The molecule has 0 amide bonds. The van der Waals surface area contributed by atoms with Gasteiger partial charge in [0.05, 0.1) is 5.57 Å². The number of ether oxygens (including phenoxy) is 1. The molecule has 0 aliphatic carbocycles. The van der Waals surface area contributed by atoms with E-state index in [4.69, 9.17) is 4.74 Å². The largest absolute Gasteiger partial charge is 0.478 e. The third kappa shape index (κ3) is 8.29. The number of unbranched alkanes of at least 4 members (excludes halogenated alkanes) is 2. The quantitative estimate of drug-likeness (QED) is 0.267. The first-order valence-corrected chi connectivity index (χ1v) is 8.84. The molecule has 0 spiro atoms. The number of aliphatic carboxylic acids is 1. The van der Waals surface area contributed by atoms with Crippen molar-refractivity contribution >= 4 is 17.5 Å². The topological polar surface area (TPSA) is 63.6 Å². The van der Waals surface area contributed by atoms with E-state index in [1.807, 2.05) is 18.2 Å². The van der Waals surface area contributed by atoms with Crippen LogP contribution in [-0.2, 0) is 9.59 Å². The molecule has 4 heteroatoms. The van der Waals surface area contributed by atoms with Gasteiger partial charge < -0.3 is 9.84 Å². The molecular weight excluding hydrogens is 328 g/mol. The lowest BCUT2D eigenvalue weighted by Gasteiger charge is -2.04. The van der Waals surface area contributed by atoms with Crippen molar-refractivity contribution < 1.29 is 19.4 Å². The van der Waals surface area contributed by atoms with Crippen LogP contribution in [-0.4, -0.2) is 17.0 Å². The fourth-order valence-electron chi connectivity index (χ4n) is 2.05. The predicted octanol–water partition coefficient (Wildman–Crippen LogP) is 5.33. The zero-order valence-corrected chi connectivity index (χ0v) is 15.4. The minimum atomic E-state index is -1.00. The number of allylic oxidation sites excluding steroid dienone is 6. The third-order valence-corrected chi connectivity index (χ3v) is 3.40. The number of rotatable bonds is 10. The van der Waals surface area contributed by atoms with E-state index in [0.717, 1.165) is 25.7 Å². The Morgan fingerprint density at radius 3 is 2.15 bits per heavy atom. The van der Waals surface area contributed by atoms with Crippen molar-refractivity contribution in [3.63, 3.8) is 0 Å². The summed E-state index contributed by atoms with van der Waals surface area (Å²) >= 11 is 0. The van der Waals surface area contributed by atoms with Crippen molar-refractivity contribution in [1.82, 2.24) is 0 Å². The summed E-state index contributed by atoms with van der Waals surface area (Å²) in [6.07, 6.45) is 16.0. The summed E-state index contributed by atoms with van der Waals surface area (Å²) in [5.74, 6) is -1.11. The van der Waals surface area contributed by atoms with Crippen molar-refractivity contribution in [2.75, 3.05) is 0 Å². The van der Waals surface area contributed by atoms with E-state index in [1.165, 1.54) is 6.08 Å². The van der Waals surface area contributed by atoms with Gasteiger partial charge in [0.25, 0.3) is 0 Å². The predicted molar refractivity (Wildman–Crippen MR) is 105 cm³/mol. The number of carboxylic acids is 1. The molecule has 1 aromatic rings. The van der Waals surface area contributed by atoms with Crippen molar-refractivity contribution in [1.29, 1.82) is 0 Å². The van der Waals surface area contributed by atoms with Gasteiger partial charge in [0, 0.05) is 6.08 Å². The maximum atomic E-state index is 11.7. The number of carbonyl (C=O) groups is 2. The van der Waals surface area contributed by atoms with Crippen LogP contribution in [0.4, 0.5) is 0 Å². The Morgan fingerprint density at radius 1 is 0.962 bits per heavy atom. The van der Waals surface area contributed by atoms with Crippen LogP contribution in [0.5, 0.6) is 5.75 Å². The van der Waals surface area contributed by atoms with Gasteiger partial charge in [-0.1, -0.05) is 69.2 Å². The van der Waals surface area contributed by atoms with Gasteiger partial charge in [-0.05, 0) is 36.6 Å². The highest BCUT2D eigenvalue weighted by atomic mass is 16.5. The Hall–Kier alpha value is -2.88. The van der Waals surface area contributed by atoms with Crippen molar-refractivity contribution in [2.24, 2.45) is 0 Å². The summed E-state index contributed by atoms with van der Waals surface area (Å²) in [5.41, 5.74) is 0.743. The van der Waals surface area contributed by atoms with Gasteiger partial charge >= 0.3 is 11.9 Å². The Morgan fingerprint density at radius 2 is 1.58 bits per heavy atom. The first-order valence-electron chi connectivity index (χ1n) is 8.84. The average Bonchev–Trinajstić information content (AvgIpc) is 2.62. The lowest BCUT2D eigenvalue weighted by molar-refractivity contribution is -0.130. The number of hydrogen-bond acceptors (Lipinski definition) is 3. The first-order chi connectivity index (χ1) is 12.6. The number of carbonyl (C=O) groups excluding carboxylic acids is 1. The second-order valence-corrected chi connectivity index (χ2v) is 5.62. The van der Waals surface area contributed by atoms with Crippen LogP contribution in [0.25, 0.3) is 5.57 Å². The highest BCUT2D eigenvalue weighted by Crippen LogP contribution is 2.19. The maximum Gasteiger partial charge on any atom is 0.336 e. The average molecular weight is 354 g/mol. The fraction of sp³-hybridized carbons (Fsp3) is 0.273. The van der Waals surface area contributed by atoms with Crippen LogP contribution in [0.3, 0.4) is 0 Å². The van der Waals surface area contributed by atoms with Gasteiger partial charge in [-0.25, -0.2) is 9.59 Å². The molecule has 0 aliphatic rings. The molecule has 1 N–H and O–H groups in total. The minimum Gasteiger partial charge on any atom is -0.478 e. The Kier molecular flexibility index (Phi) is 10.2. The number of carboxylic acid groups (broad SMARTS) is 1. The van der Waals surface area contributed by atoms with E-state index in [-0.39, 0.29) is 5.57 Å². The standard InChI is InChI=1S/C22H26O4/c1-3-5-7-9-11-13-21(23)26-19-16-14-18(15-17-19)20(22(24)25)12-10-8-6-4-2/h7-17H,3-6H2,1-2H3,(H,24,25). The normalized spacial score (nSPS) is 12.3. The van der Waals surface area contributed by atoms with Gasteiger partial charge in [0.1, 0.15) is 5.75 Å². The summed E-state index contributed by atoms with van der Waals surface area (Å²) < 4.78 is 5.19. The molecule has 0 heterocycles. The maximum absolute atomic E-state index is 11.7. The van der Waals surface area contributed by atoms with Crippen LogP contribution in [0.1, 0.15) is 45.1 Å². The molecule has 0 unspecified atom stereocenters. The molecule has 1 rings (SSSR count). The summed E-state index contributed by atoms with van der Waals surface area (Å²) in [6, 6.07) is 6.42. The molecule has 0 saturated carbocycles. The van der Waals surface area contributed by atoms with Crippen molar-refractivity contribution in [3.05, 3.63) is 72.4 Å². The van der Waals surface area contributed by atoms with Crippen LogP contribution in [0.2, 0.25) is 0 Å². The van der Waals surface area contributed by atoms with Crippen LogP contribution in [0, 0.1) is 0 Å². The lowest BCUT2D eigenvalue weighted by atomic mass is 10.1. The van der Waals surface area contributed by atoms with E-state index < -0.39 is 11.9 Å². The van der Waals surface area contributed by atoms with Crippen LogP contribution < -0.4 is 4.74 Å². The summed E-state index contributed by atoms with van der Waals surface area (Å²) in [6.45, 7) is 4.14. The molecule has 1 aromatic carbocycles. The summed E-state index contributed by atoms with van der Waals surface area (Å²) in [7, 11) is 0. The lowest BCUT2D eigenvalue weighted by Crippen LogP contribution is -2.04. The Balaban J connectivity index is 2.74. The highest BCUT2D eigenvalue weighted by molar-refractivity contribution is 6.15. The molecule has 0 radical (unpaired) electrons. The van der Waals surface area contributed by atoms with Crippen molar-refractivity contribution in [3.8, 4) is 5.75 Å². The van der Waals surface area contributed by atoms with Gasteiger partial charge in [0.2, 0.25) is 0 Å². The fourth-order valence-corrected chi connectivity index (χ4v) is 2.05. The first kappa shape index (κ1) is 21.2. The van der Waals surface area contributed by atoms with E-state index in [1.54, 1.807) is 42.5 Å². The minimum absolute atomic E-state index is 0.191. The van der Waals surface area contributed by atoms with Crippen LogP contribution in [0.15, 0.2) is 66.8 Å². The number of hydrogen-bond donors (Lipinski definition) is 1. The Bertz CT molecular complexity index is 691. The van der Waals surface area contributed by atoms with E-state index >= 15 is 0 Å². The summed E-state index contributed by atoms with van der Waals surface area (Å²) in [4.78, 5) is 23.1. The SMILES string of the molecule is CCCC=CC=CC(=O)Oc1ccc(C(=CC=CCCC)C(=O)O)cc1. The number of benzene rings is 1. The van der Waals surface area contributed by atoms with Gasteiger partial charge in [-0.2, -0.15) is 0 Å². The van der Waals surface area contributed by atoms with Gasteiger partial charge in [0.15, 0.2) is 0 Å².